The van der Waals surface area contributed by atoms with Gasteiger partial charge in [-0.3, -0.25) is 10.1 Å². The minimum absolute atomic E-state index is 0.113. The summed E-state index contributed by atoms with van der Waals surface area (Å²) in [6.07, 6.45) is 3.31. The van der Waals surface area contributed by atoms with Crippen LogP contribution >= 0.6 is 27.5 Å². The van der Waals surface area contributed by atoms with E-state index in [0.29, 0.717) is 15.1 Å². The number of halogens is 2. The normalized spacial score (nSPS) is 11.5. The van der Waals surface area contributed by atoms with Gasteiger partial charge in [0.1, 0.15) is 5.75 Å². The summed E-state index contributed by atoms with van der Waals surface area (Å²) in [6, 6.07) is 8.97. The molecule has 0 aliphatic heterocycles. The highest BCUT2D eigenvalue weighted by Gasteiger charge is 2.05. The Bertz CT molecular complexity index is 813. The van der Waals surface area contributed by atoms with E-state index in [0.717, 1.165) is 16.6 Å². The summed E-state index contributed by atoms with van der Waals surface area (Å²) in [7, 11) is 0. The van der Waals surface area contributed by atoms with Gasteiger partial charge in [-0.25, -0.2) is 0 Å². The molecule has 0 atom stereocenters. The number of hydrogen-bond donors (Lipinski definition) is 2. The molecule has 20 heavy (non-hydrogen) atoms. The van der Waals surface area contributed by atoms with Gasteiger partial charge in [0, 0.05) is 22.2 Å². The minimum atomic E-state index is 0.113. The molecular weight excluding hydrogens is 342 g/mol. The van der Waals surface area contributed by atoms with Gasteiger partial charge >= 0.3 is 0 Å². The fourth-order valence-corrected chi connectivity index (χ4v) is 2.67. The van der Waals surface area contributed by atoms with Crippen LogP contribution in [0.3, 0.4) is 0 Å². The van der Waals surface area contributed by atoms with Gasteiger partial charge in [0.2, 0.25) is 0 Å². The number of aliphatic imine (C=N–C) groups is 1. The smallest absolute Gasteiger partial charge is 0.138 e. The lowest BCUT2D eigenvalue weighted by Gasteiger charge is -2.02. The summed E-state index contributed by atoms with van der Waals surface area (Å²) >= 11 is 9.19. The molecule has 2 N–H and O–H groups in total. The van der Waals surface area contributed by atoms with Crippen LogP contribution < -0.4 is 0 Å². The molecule has 100 valence electrons. The zero-order valence-electron chi connectivity index (χ0n) is 10.1. The van der Waals surface area contributed by atoms with Gasteiger partial charge in [0.05, 0.1) is 21.9 Å². The molecule has 0 radical (unpaired) electrons. The lowest BCUT2D eigenvalue weighted by molar-refractivity contribution is 0.471. The third kappa shape index (κ3) is 2.55. The van der Waals surface area contributed by atoms with Crippen LogP contribution in [0.25, 0.3) is 10.9 Å². The third-order valence-electron chi connectivity index (χ3n) is 2.83. The van der Waals surface area contributed by atoms with Crippen LogP contribution in [-0.2, 0) is 0 Å². The van der Waals surface area contributed by atoms with Crippen LogP contribution in [0.1, 0.15) is 5.56 Å². The number of nitrogens with one attached hydrogen (secondary N) is 1. The van der Waals surface area contributed by atoms with Gasteiger partial charge < -0.3 is 5.11 Å². The first-order chi connectivity index (χ1) is 9.63. The predicted molar refractivity (Wildman–Crippen MR) is 84.2 cm³/mol. The first-order valence-corrected chi connectivity index (χ1v) is 6.96. The Balaban J connectivity index is 1.97. The van der Waals surface area contributed by atoms with Gasteiger partial charge in [-0.1, -0.05) is 11.6 Å². The Labute approximate surface area is 128 Å². The zero-order chi connectivity index (χ0) is 14.1. The molecule has 6 heteroatoms. The van der Waals surface area contributed by atoms with Crippen molar-refractivity contribution >= 4 is 50.3 Å². The summed E-state index contributed by atoms with van der Waals surface area (Å²) in [5.74, 6) is 0.113. The average Bonchev–Trinajstić information content (AvgIpc) is 2.88. The van der Waals surface area contributed by atoms with Gasteiger partial charge in [-0.2, -0.15) is 5.10 Å². The second-order valence-electron chi connectivity index (χ2n) is 4.23. The van der Waals surface area contributed by atoms with Gasteiger partial charge in [-0.15, -0.1) is 0 Å². The first-order valence-electron chi connectivity index (χ1n) is 5.79. The standard InChI is InChI=1S/C14H9BrClN3O/c15-12-5-10(16)3-9(14(12)20)6-17-11-1-2-13-8(4-11)7-18-19-13/h1-7,20H,(H,18,19). The van der Waals surface area contributed by atoms with E-state index in [2.05, 4.69) is 31.1 Å². The largest absolute Gasteiger partial charge is 0.506 e. The van der Waals surface area contributed by atoms with Crippen molar-refractivity contribution in [3.05, 3.63) is 51.6 Å². The van der Waals surface area contributed by atoms with Gasteiger partial charge in [0.15, 0.2) is 0 Å². The zero-order valence-corrected chi connectivity index (χ0v) is 12.5. The van der Waals surface area contributed by atoms with Crippen LogP contribution in [0.15, 0.2) is 46.0 Å². The lowest BCUT2D eigenvalue weighted by Crippen LogP contribution is -1.84. The minimum Gasteiger partial charge on any atom is -0.506 e. The molecule has 3 aromatic rings. The number of hydrogen-bond acceptors (Lipinski definition) is 3. The maximum Gasteiger partial charge on any atom is 0.138 e. The molecule has 0 spiro atoms. The number of phenolic OH excluding ortho intramolecular Hbond substituents is 1. The number of phenols is 1. The molecule has 0 fully saturated rings. The van der Waals surface area contributed by atoms with E-state index in [-0.39, 0.29) is 5.75 Å². The summed E-state index contributed by atoms with van der Waals surface area (Å²) in [5, 5.41) is 18.3. The molecule has 3 rings (SSSR count). The fraction of sp³-hybridized carbons (Fsp3) is 0. The number of aromatic nitrogens is 2. The number of benzene rings is 2. The second-order valence-corrected chi connectivity index (χ2v) is 5.52. The van der Waals surface area contributed by atoms with E-state index in [1.165, 1.54) is 0 Å². The van der Waals surface area contributed by atoms with E-state index in [9.17, 15) is 5.11 Å². The Hall–Kier alpha value is -1.85. The summed E-state index contributed by atoms with van der Waals surface area (Å²) < 4.78 is 0.539. The molecule has 0 bridgehead atoms. The van der Waals surface area contributed by atoms with Crippen molar-refractivity contribution < 1.29 is 5.11 Å². The average molecular weight is 351 g/mol. The fourth-order valence-electron chi connectivity index (χ4n) is 1.84. The lowest BCUT2D eigenvalue weighted by atomic mass is 10.2. The topological polar surface area (TPSA) is 61.3 Å². The Morgan fingerprint density at radius 3 is 3.00 bits per heavy atom. The van der Waals surface area contributed by atoms with Crippen molar-refractivity contribution in [2.75, 3.05) is 0 Å². The molecule has 0 aliphatic carbocycles. The van der Waals surface area contributed by atoms with Crippen LogP contribution in [0, 0.1) is 0 Å². The van der Waals surface area contributed by atoms with Gasteiger partial charge in [0.25, 0.3) is 0 Å². The molecule has 1 heterocycles. The van der Waals surface area contributed by atoms with Gasteiger partial charge in [-0.05, 0) is 46.3 Å². The van der Waals surface area contributed by atoms with E-state index in [4.69, 9.17) is 11.6 Å². The second kappa shape index (κ2) is 5.26. The molecule has 0 aliphatic rings. The van der Waals surface area contributed by atoms with E-state index >= 15 is 0 Å². The maximum atomic E-state index is 9.93. The predicted octanol–water partition coefficient (Wildman–Crippen LogP) is 4.44. The Kier molecular flexibility index (Phi) is 3.46. The van der Waals surface area contributed by atoms with Crippen LogP contribution in [0.2, 0.25) is 5.02 Å². The molecular formula is C14H9BrClN3O. The number of H-pyrrole nitrogens is 1. The van der Waals surface area contributed by atoms with Crippen LogP contribution in [-0.4, -0.2) is 21.5 Å². The van der Waals surface area contributed by atoms with Crippen molar-refractivity contribution in [2.24, 2.45) is 4.99 Å². The van der Waals surface area contributed by atoms with Crippen molar-refractivity contribution in [3.63, 3.8) is 0 Å². The van der Waals surface area contributed by atoms with Crippen LogP contribution in [0.5, 0.6) is 5.75 Å². The van der Waals surface area contributed by atoms with E-state index < -0.39 is 0 Å². The molecule has 0 amide bonds. The molecule has 0 saturated carbocycles. The highest BCUT2D eigenvalue weighted by Crippen LogP contribution is 2.31. The van der Waals surface area contributed by atoms with Crippen molar-refractivity contribution in [3.8, 4) is 5.75 Å². The van der Waals surface area contributed by atoms with Crippen molar-refractivity contribution in [2.45, 2.75) is 0 Å². The summed E-state index contributed by atoms with van der Waals surface area (Å²) in [6.45, 7) is 0. The molecule has 0 saturated heterocycles. The number of aromatic hydroxyl groups is 1. The number of nitrogens with zero attached hydrogens (tertiary/aromatic N) is 2. The number of fused-ring (bicyclic) bond motifs is 1. The molecule has 2 aromatic carbocycles. The number of rotatable bonds is 2. The highest BCUT2D eigenvalue weighted by atomic mass is 79.9. The molecule has 1 aromatic heterocycles. The van der Waals surface area contributed by atoms with E-state index in [1.807, 2.05) is 18.2 Å². The van der Waals surface area contributed by atoms with Crippen molar-refractivity contribution in [1.29, 1.82) is 0 Å². The molecule has 0 unspecified atom stereocenters. The van der Waals surface area contributed by atoms with Crippen molar-refractivity contribution in [1.82, 2.24) is 10.2 Å². The summed E-state index contributed by atoms with van der Waals surface area (Å²) in [4.78, 5) is 4.34. The van der Waals surface area contributed by atoms with E-state index in [1.54, 1.807) is 24.5 Å². The number of aromatic amines is 1. The quantitative estimate of drug-likeness (QED) is 0.671. The Morgan fingerprint density at radius 2 is 2.15 bits per heavy atom. The highest BCUT2D eigenvalue weighted by molar-refractivity contribution is 9.10. The van der Waals surface area contributed by atoms with Crippen LogP contribution in [0.4, 0.5) is 5.69 Å². The first kappa shape index (κ1) is 13.1. The maximum absolute atomic E-state index is 9.93. The third-order valence-corrected chi connectivity index (χ3v) is 3.66. The SMILES string of the molecule is Oc1c(Br)cc(Cl)cc1C=Nc1ccc2[nH]ncc2c1. The monoisotopic (exact) mass is 349 g/mol. The summed E-state index contributed by atoms with van der Waals surface area (Å²) in [5.41, 5.74) is 2.28. The Morgan fingerprint density at radius 1 is 1.30 bits per heavy atom. The molecule has 4 nitrogen and oxygen atoms in total.